The molecule has 1 amide bonds. The summed E-state index contributed by atoms with van der Waals surface area (Å²) >= 11 is 0. The third-order valence-electron chi connectivity index (χ3n) is 2.82. The van der Waals surface area contributed by atoms with Crippen molar-refractivity contribution in [2.24, 2.45) is 0 Å². The number of nitrogens with one attached hydrogen (secondary N) is 1. The van der Waals surface area contributed by atoms with E-state index in [-0.39, 0.29) is 12.5 Å². The first-order valence-corrected chi connectivity index (χ1v) is 6.67. The van der Waals surface area contributed by atoms with Crippen LogP contribution in [0.2, 0.25) is 0 Å². The average Bonchev–Trinajstić information content (AvgIpc) is 2.42. The summed E-state index contributed by atoms with van der Waals surface area (Å²) in [7, 11) is 5.05. The van der Waals surface area contributed by atoms with Gasteiger partial charge in [0, 0.05) is 32.2 Å². The second-order valence-electron chi connectivity index (χ2n) is 5.09. The van der Waals surface area contributed by atoms with Gasteiger partial charge in [-0.2, -0.15) is 0 Å². The van der Waals surface area contributed by atoms with E-state index in [1.165, 1.54) is 4.90 Å². The van der Waals surface area contributed by atoms with Crippen LogP contribution in [0.1, 0.15) is 19.4 Å². The van der Waals surface area contributed by atoms with Gasteiger partial charge in [-0.1, -0.05) is 13.8 Å². The number of hydrogen-bond acceptors (Lipinski definition) is 4. The van der Waals surface area contributed by atoms with Crippen LogP contribution in [0.25, 0.3) is 0 Å². The Labute approximate surface area is 120 Å². The van der Waals surface area contributed by atoms with Crippen molar-refractivity contribution in [2.45, 2.75) is 26.4 Å². The van der Waals surface area contributed by atoms with Crippen LogP contribution in [0.3, 0.4) is 0 Å². The Morgan fingerprint density at radius 2 is 2.05 bits per heavy atom. The fourth-order valence-corrected chi connectivity index (χ4v) is 1.54. The smallest absolute Gasteiger partial charge is 0.259 e. The Hall–Kier alpha value is -1.75. The predicted octanol–water partition coefficient (Wildman–Crippen LogP) is 1.66. The number of rotatable bonds is 7. The molecule has 0 radical (unpaired) electrons. The van der Waals surface area contributed by atoms with Gasteiger partial charge < -0.3 is 19.7 Å². The van der Waals surface area contributed by atoms with E-state index in [2.05, 4.69) is 19.2 Å². The highest BCUT2D eigenvalue weighted by Gasteiger charge is 2.10. The number of amides is 1. The van der Waals surface area contributed by atoms with Gasteiger partial charge in [0.2, 0.25) is 0 Å². The van der Waals surface area contributed by atoms with E-state index < -0.39 is 0 Å². The molecule has 1 aromatic carbocycles. The van der Waals surface area contributed by atoms with Crippen LogP contribution in [0, 0.1) is 0 Å². The molecule has 0 unspecified atom stereocenters. The second kappa shape index (κ2) is 7.75. The lowest BCUT2D eigenvalue weighted by Crippen LogP contribution is -2.28. The molecule has 1 aromatic rings. The molecule has 0 heterocycles. The van der Waals surface area contributed by atoms with Crippen LogP contribution in [0.15, 0.2) is 18.2 Å². The molecule has 112 valence electrons. The molecular formula is C15H24N2O3. The van der Waals surface area contributed by atoms with Crippen molar-refractivity contribution in [2.75, 3.05) is 27.8 Å². The monoisotopic (exact) mass is 280 g/mol. The van der Waals surface area contributed by atoms with E-state index in [9.17, 15) is 4.79 Å². The first-order chi connectivity index (χ1) is 9.43. The molecule has 0 spiro atoms. The quantitative estimate of drug-likeness (QED) is 0.825. The van der Waals surface area contributed by atoms with Crippen molar-refractivity contribution in [3.8, 4) is 11.5 Å². The number of carbonyl (C=O) groups is 1. The van der Waals surface area contributed by atoms with E-state index in [0.717, 1.165) is 11.3 Å². The van der Waals surface area contributed by atoms with Crippen LogP contribution in [0.5, 0.6) is 11.5 Å². The maximum Gasteiger partial charge on any atom is 0.259 e. The zero-order valence-electron chi connectivity index (χ0n) is 12.9. The maximum atomic E-state index is 11.6. The summed E-state index contributed by atoms with van der Waals surface area (Å²) in [6.45, 7) is 4.86. The molecule has 0 aliphatic carbocycles. The largest absolute Gasteiger partial charge is 0.497 e. The molecule has 0 aliphatic rings. The number of nitrogens with zero attached hydrogens (tertiary/aromatic N) is 1. The van der Waals surface area contributed by atoms with Crippen LogP contribution in [-0.2, 0) is 11.3 Å². The van der Waals surface area contributed by atoms with Gasteiger partial charge in [-0.25, -0.2) is 0 Å². The number of methoxy groups -OCH3 is 1. The van der Waals surface area contributed by atoms with Crippen molar-refractivity contribution in [1.29, 1.82) is 0 Å². The molecular weight excluding hydrogens is 256 g/mol. The van der Waals surface area contributed by atoms with Crippen molar-refractivity contribution < 1.29 is 14.3 Å². The lowest BCUT2D eigenvalue weighted by Gasteiger charge is -2.16. The summed E-state index contributed by atoms with van der Waals surface area (Å²) in [6.07, 6.45) is 0. The number of hydrogen-bond donors (Lipinski definition) is 1. The van der Waals surface area contributed by atoms with Gasteiger partial charge >= 0.3 is 0 Å². The Morgan fingerprint density at radius 3 is 2.60 bits per heavy atom. The molecule has 1 rings (SSSR count). The molecule has 0 aliphatic heterocycles. The summed E-state index contributed by atoms with van der Waals surface area (Å²) in [4.78, 5) is 13.1. The van der Waals surface area contributed by atoms with Crippen LogP contribution in [0.4, 0.5) is 0 Å². The topological polar surface area (TPSA) is 50.8 Å². The van der Waals surface area contributed by atoms with E-state index in [1.54, 1.807) is 21.2 Å². The highest BCUT2D eigenvalue weighted by atomic mass is 16.5. The number of likely N-dealkylation sites (N-methyl/N-ethyl adjacent to an activating group) is 1. The van der Waals surface area contributed by atoms with Gasteiger partial charge in [-0.15, -0.1) is 0 Å². The molecule has 5 nitrogen and oxygen atoms in total. The molecule has 20 heavy (non-hydrogen) atoms. The van der Waals surface area contributed by atoms with E-state index in [0.29, 0.717) is 18.3 Å². The van der Waals surface area contributed by atoms with Gasteiger partial charge in [-0.05, 0) is 18.2 Å². The van der Waals surface area contributed by atoms with Gasteiger partial charge in [0.05, 0.1) is 7.11 Å². The zero-order chi connectivity index (χ0) is 15.1. The molecule has 0 atom stereocenters. The highest BCUT2D eigenvalue weighted by molar-refractivity contribution is 5.77. The number of carbonyl (C=O) groups excluding carboxylic acids is 1. The van der Waals surface area contributed by atoms with Crippen LogP contribution in [-0.4, -0.2) is 44.7 Å². The fraction of sp³-hybridized carbons (Fsp3) is 0.533. The Bertz CT molecular complexity index is 445. The van der Waals surface area contributed by atoms with Gasteiger partial charge in [-0.3, -0.25) is 4.79 Å². The van der Waals surface area contributed by atoms with E-state index in [1.807, 2.05) is 18.2 Å². The molecule has 5 heteroatoms. The average molecular weight is 280 g/mol. The molecule has 0 saturated carbocycles. The highest BCUT2D eigenvalue weighted by Crippen LogP contribution is 2.24. The SMILES string of the molecule is COc1ccc(OCC(=O)N(C)C)c(CNC(C)C)c1. The second-order valence-corrected chi connectivity index (χ2v) is 5.09. The summed E-state index contributed by atoms with van der Waals surface area (Å²) in [5.41, 5.74) is 0.976. The maximum absolute atomic E-state index is 11.6. The van der Waals surface area contributed by atoms with Gasteiger partial charge in [0.25, 0.3) is 5.91 Å². The minimum atomic E-state index is -0.0661. The van der Waals surface area contributed by atoms with E-state index in [4.69, 9.17) is 9.47 Å². The fourth-order valence-electron chi connectivity index (χ4n) is 1.54. The Balaban J connectivity index is 2.79. The standard InChI is InChI=1S/C15H24N2O3/c1-11(2)16-9-12-8-13(19-5)6-7-14(12)20-10-15(18)17(3)4/h6-8,11,16H,9-10H2,1-5H3. The number of ether oxygens (including phenoxy) is 2. The van der Waals surface area contributed by atoms with E-state index >= 15 is 0 Å². The summed E-state index contributed by atoms with van der Waals surface area (Å²) in [5, 5.41) is 3.33. The summed E-state index contributed by atoms with van der Waals surface area (Å²) < 4.78 is 10.8. The zero-order valence-corrected chi connectivity index (χ0v) is 12.9. The molecule has 1 N–H and O–H groups in total. The lowest BCUT2D eigenvalue weighted by atomic mass is 10.1. The Kier molecular flexibility index (Phi) is 6.31. The third-order valence-corrected chi connectivity index (χ3v) is 2.82. The lowest BCUT2D eigenvalue weighted by molar-refractivity contribution is -0.130. The van der Waals surface area contributed by atoms with Crippen LogP contribution >= 0.6 is 0 Å². The molecule has 0 bridgehead atoms. The Morgan fingerprint density at radius 1 is 1.35 bits per heavy atom. The first kappa shape index (κ1) is 16.3. The van der Waals surface area contributed by atoms with Crippen molar-refractivity contribution in [3.05, 3.63) is 23.8 Å². The van der Waals surface area contributed by atoms with Crippen LogP contribution < -0.4 is 14.8 Å². The predicted molar refractivity (Wildman–Crippen MR) is 79.2 cm³/mol. The van der Waals surface area contributed by atoms with Crippen molar-refractivity contribution >= 4 is 5.91 Å². The minimum Gasteiger partial charge on any atom is -0.497 e. The minimum absolute atomic E-state index is 0.0357. The molecule has 0 saturated heterocycles. The van der Waals surface area contributed by atoms with Crippen molar-refractivity contribution in [3.63, 3.8) is 0 Å². The number of benzene rings is 1. The molecule has 0 aromatic heterocycles. The molecule has 0 fully saturated rings. The van der Waals surface area contributed by atoms with Gasteiger partial charge in [0.15, 0.2) is 6.61 Å². The third kappa shape index (κ3) is 5.09. The van der Waals surface area contributed by atoms with Crippen molar-refractivity contribution in [1.82, 2.24) is 10.2 Å². The summed E-state index contributed by atoms with van der Waals surface area (Å²) in [5.74, 6) is 1.41. The first-order valence-electron chi connectivity index (χ1n) is 6.67. The van der Waals surface area contributed by atoms with Gasteiger partial charge in [0.1, 0.15) is 11.5 Å². The normalized spacial score (nSPS) is 10.5. The summed E-state index contributed by atoms with van der Waals surface area (Å²) in [6, 6.07) is 5.95.